The van der Waals surface area contributed by atoms with Gasteiger partial charge in [-0.05, 0) is 18.7 Å². The Hall–Kier alpha value is -1.93. The van der Waals surface area contributed by atoms with Crippen LogP contribution in [0.1, 0.15) is 16.2 Å². The lowest BCUT2D eigenvalue weighted by Crippen LogP contribution is -2.09. The third kappa shape index (κ3) is 3.09. The average molecular weight is 298 g/mol. The van der Waals surface area contributed by atoms with Crippen LogP contribution in [0.5, 0.6) is 0 Å². The molecule has 0 aliphatic heterocycles. The zero-order valence-corrected chi connectivity index (χ0v) is 11.2. The highest BCUT2D eigenvalue weighted by Crippen LogP contribution is 2.28. The van der Waals surface area contributed by atoms with Gasteiger partial charge in [0, 0.05) is 6.07 Å². The molecule has 0 atom stereocenters. The number of halogens is 1. The summed E-state index contributed by atoms with van der Waals surface area (Å²) < 4.78 is 0. The molecular weight excluding hydrogens is 290 g/mol. The Labute approximate surface area is 116 Å². The molecular formula is C10H8ClN5O2S. The van der Waals surface area contributed by atoms with E-state index in [1.807, 2.05) is 0 Å². The number of aromatic nitrogens is 4. The number of nitrogens with two attached hydrogens (primary N) is 1. The van der Waals surface area contributed by atoms with Crippen LogP contribution in [0.15, 0.2) is 21.0 Å². The lowest BCUT2D eigenvalue weighted by molar-refractivity contribution is 0.112. The first-order chi connectivity index (χ1) is 8.99. The van der Waals surface area contributed by atoms with Crippen molar-refractivity contribution in [2.75, 3.05) is 5.73 Å². The summed E-state index contributed by atoms with van der Waals surface area (Å²) in [7, 11) is 0. The Bertz CT molecular complexity index is 703. The average Bonchev–Trinajstić information content (AvgIpc) is 2.26. The predicted octanol–water partition coefficient (Wildman–Crippen LogP) is 1.07. The molecule has 0 spiro atoms. The van der Waals surface area contributed by atoms with Gasteiger partial charge in [0.2, 0.25) is 0 Å². The third-order valence-electron chi connectivity index (χ3n) is 2.03. The Balaban J connectivity index is 2.48. The number of carbonyl (C=O) groups is 1. The lowest BCUT2D eigenvalue weighted by atomic mass is 10.4. The van der Waals surface area contributed by atoms with Crippen molar-refractivity contribution in [2.24, 2.45) is 0 Å². The van der Waals surface area contributed by atoms with Gasteiger partial charge in [-0.3, -0.25) is 9.59 Å². The van der Waals surface area contributed by atoms with E-state index in [9.17, 15) is 9.59 Å². The summed E-state index contributed by atoms with van der Waals surface area (Å²) in [6.45, 7) is 1.64. The van der Waals surface area contributed by atoms with Gasteiger partial charge in [-0.1, -0.05) is 11.6 Å². The van der Waals surface area contributed by atoms with E-state index in [0.717, 1.165) is 17.8 Å². The SMILES string of the molecule is Cc1nc(Cl)c(C=O)c(Sc2nc(N)cc(=O)[nH]2)n1. The number of nitrogens with zero attached hydrogens (tertiary/aromatic N) is 3. The molecule has 19 heavy (non-hydrogen) atoms. The van der Waals surface area contributed by atoms with Gasteiger partial charge in [-0.2, -0.15) is 0 Å². The van der Waals surface area contributed by atoms with Gasteiger partial charge >= 0.3 is 0 Å². The lowest BCUT2D eigenvalue weighted by Gasteiger charge is -2.05. The van der Waals surface area contributed by atoms with Crippen molar-refractivity contribution in [3.05, 3.63) is 33.0 Å². The van der Waals surface area contributed by atoms with Crippen LogP contribution in [0.25, 0.3) is 0 Å². The molecule has 0 aromatic carbocycles. The molecule has 0 fully saturated rings. The molecule has 0 aliphatic rings. The first kappa shape index (κ1) is 13.5. The topological polar surface area (TPSA) is 115 Å². The first-order valence-electron chi connectivity index (χ1n) is 5.03. The molecule has 2 heterocycles. The molecule has 2 rings (SSSR count). The molecule has 0 unspecified atom stereocenters. The van der Waals surface area contributed by atoms with Crippen molar-refractivity contribution in [2.45, 2.75) is 17.1 Å². The molecule has 0 saturated carbocycles. The maximum absolute atomic E-state index is 11.3. The number of aryl methyl sites for hydroxylation is 1. The minimum absolute atomic E-state index is 0.0521. The normalized spacial score (nSPS) is 10.4. The number of aromatic amines is 1. The summed E-state index contributed by atoms with van der Waals surface area (Å²) in [4.78, 5) is 36.6. The van der Waals surface area contributed by atoms with Crippen LogP contribution in [0.3, 0.4) is 0 Å². The Morgan fingerprint density at radius 2 is 2.16 bits per heavy atom. The van der Waals surface area contributed by atoms with Gasteiger partial charge in [0.05, 0.1) is 5.56 Å². The van der Waals surface area contributed by atoms with E-state index in [1.165, 1.54) is 0 Å². The van der Waals surface area contributed by atoms with Gasteiger partial charge < -0.3 is 10.7 Å². The second-order valence-corrected chi connectivity index (χ2v) is 4.81. The summed E-state index contributed by atoms with van der Waals surface area (Å²) in [6, 6.07) is 1.16. The fourth-order valence-corrected chi connectivity index (χ4v) is 2.52. The second kappa shape index (κ2) is 5.37. The van der Waals surface area contributed by atoms with E-state index in [0.29, 0.717) is 17.1 Å². The highest BCUT2D eigenvalue weighted by Gasteiger charge is 2.13. The van der Waals surface area contributed by atoms with Crippen molar-refractivity contribution in [1.82, 2.24) is 19.9 Å². The number of hydrogen-bond donors (Lipinski definition) is 2. The molecule has 2 aromatic rings. The Kier molecular flexibility index (Phi) is 3.82. The van der Waals surface area contributed by atoms with Gasteiger partial charge in [0.15, 0.2) is 11.4 Å². The van der Waals surface area contributed by atoms with E-state index >= 15 is 0 Å². The second-order valence-electron chi connectivity index (χ2n) is 3.48. The molecule has 0 bridgehead atoms. The van der Waals surface area contributed by atoms with Crippen LogP contribution in [0, 0.1) is 6.92 Å². The number of carbonyl (C=O) groups excluding carboxylic acids is 1. The van der Waals surface area contributed by atoms with Gasteiger partial charge in [-0.25, -0.2) is 15.0 Å². The monoisotopic (exact) mass is 297 g/mol. The van der Waals surface area contributed by atoms with Crippen molar-refractivity contribution in [1.29, 1.82) is 0 Å². The summed E-state index contributed by atoms with van der Waals surface area (Å²) >= 11 is 6.83. The Morgan fingerprint density at radius 3 is 2.79 bits per heavy atom. The number of H-pyrrole nitrogens is 1. The quantitative estimate of drug-likeness (QED) is 0.494. The highest BCUT2D eigenvalue weighted by atomic mass is 35.5. The maximum atomic E-state index is 11.3. The fraction of sp³-hybridized carbons (Fsp3) is 0.100. The van der Waals surface area contributed by atoms with Crippen LogP contribution in [0.4, 0.5) is 5.82 Å². The van der Waals surface area contributed by atoms with Crippen molar-refractivity contribution in [3.8, 4) is 0 Å². The molecule has 0 radical (unpaired) electrons. The smallest absolute Gasteiger partial charge is 0.253 e. The van der Waals surface area contributed by atoms with Gasteiger partial charge in [0.25, 0.3) is 5.56 Å². The summed E-state index contributed by atoms with van der Waals surface area (Å²) in [5.41, 5.74) is 5.22. The number of anilines is 1. The van der Waals surface area contributed by atoms with Gasteiger partial charge in [-0.15, -0.1) is 0 Å². The number of nitrogen functional groups attached to an aromatic ring is 1. The van der Waals surface area contributed by atoms with Crippen LogP contribution in [-0.2, 0) is 0 Å². The number of rotatable bonds is 3. The number of aldehydes is 1. The number of hydrogen-bond acceptors (Lipinski definition) is 7. The summed E-state index contributed by atoms with van der Waals surface area (Å²) in [6.07, 6.45) is 0.550. The van der Waals surface area contributed by atoms with E-state index < -0.39 is 0 Å². The van der Waals surface area contributed by atoms with E-state index in [4.69, 9.17) is 17.3 Å². The molecule has 98 valence electrons. The van der Waals surface area contributed by atoms with Crippen molar-refractivity contribution >= 4 is 35.5 Å². The van der Waals surface area contributed by atoms with Crippen LogP contribution < -0.4 is 11.3 Å². The van der Waals surface area contributed by atoms with Crippen molar-refractivity contribution < 1.29 is 4.79 Å². The summed E-state index contributed by atoms with van der Waals surface area (Å²) in [5, 5.41) is 0.583. The predicted molar refractivity (Wildman–Crippen MR) is 70.6 cm³/mol. The van der Waals surface area contributed by atoms with Crippen LogP contribution in [-0.4, -0.2) is 26.2 Å². The van der Waals surface area contributed by atoms with Crippen LogP contribution in [0.2, 0.25) is 5.15 Å². The minimum Gasteiger partial charge on any atom is -0.383 e. The standard InChI is InChI=1S/C10H8ClN5O2S/c1-4-13-8(11)5(3-17)9(14-4)19-10-15-6(12)2-7(18)16-10/h2-3H,1H3,(H3,12,15,16,18). The minimum atomic E-state index is -0.389. The molecule has 2 aromatic heterocycles. The van der Waals surface area contributed by atoms with Crippen molar-refractivity contribution in [3.63, 3.8) is 0 Å². The largest absolute Gasteiger partial charge is 0.383 e. The molecule has 3 N–H and O–H groups in total. The van der Waals surface area contributed by atoms with Gasteiger partial charge in [0.1, 0.15) is 21.8 Å². The Morgan fingerprint density at radius 1 is 1.42 bits per heavy atom. The maximum Gasteiger partial charge on any atom is 0.253 e. The zero-order valence-electron chi connectivity index (χ0n) is 9.68. The first-order valence-corrected chi connectivity index (χ1v) is 6.23. The van der Waals surface area contributed by atoms with E-state index in [1.54, 1.807) is 6.92 Å². The molecule has 0 aliphatic carbocycles. The molecule has 7 nitrogen and oxygen atoms in total. The fourth-order valence-electron chi connectivity index (χ4n) is 1.29. The van der Waals surface area contributed by atoms with Crippen LogP contribution >= 0.6 is 23.4 Å². The number of nitrogens with one attached hydrogen (secondary N) is 1. The molecule has 0 amide bonds. The molecule has 9 heteroatoms. The van der Waals surface area contributed by atoms with E-state index in [2.05, 4.69) is 19.9 Å². The molecule has 0 saturated heterocycles. The highest BCUT2D eigenvalue weighted by molar-refractivity contribution is 7.99. The third-order valence-corrected chi connectivity index (χ3v) is 3.21. The summed E-state index contributed by atoms with van der Waals surface area (Å²) in [5.74, 6) is 0.486. The zero-order chi connectivity index (χ0) is 14.0. The van der Waals surface area contributed by atoms with E-state index in [-0.39, 0.29) is 27.3 Å².